The zero-order valence-electron chi connectivity index (χ0n) is 8.12. The average molecular weight is 141 g/mol. The summed E-state index contributed by atoms with van der Waals surface area (Å²) in [4.78, 5) is 0. The Morgan fingerprint density at radius 2 is 1.50 bits per heavy atom. The van der Waals surface area contributed by atoms with Crippen LogP contribution < -0.4 is 0 Å². The lowest BCUT2D eigenvalue weighted by Gasteiger charge is -2.32. The Hall–Kier alpha value is -0.130. The van der Waals surface area contributed by atoms with Gasteiger partial charge in [0, 0.05) is 5.41 Å². The van der Waals surface area contributed by atoms with Gasteiger partial charge in [0.25, 0.3) is 0 Å². The summed E-state index contributed by atoms with van der Waals surface area (Å²) < 4.78 is 0. The van der Waals surface area contributed by atoms with Gasteiger partial charge in [-0.25, -0.2) is 0 Å². The van der Waals surface area contributed by atoms with Crippen molar-refractivity contribution in [3.8, 4) is 0 Å². The maximum absolute atomic E-state index is 4.23. The van der Waals surface area contributed by atoms with E-state index in [2.05, 4.69) is 41.5 Å². The summed E-state index contributed by atoms with van der Waals surface area (Å²) in [6.07, 6.45) is 2.45. The Balaban J connectivity index is 4.10. The van der Waals surface area contributed by atoms with Gasteiger partial charge in [-0.05, 0) is 13.3 Å². The normalized spacial score (nSPS) is 18.5. The molecule has 0 fully saturated rings. The Morgan fingerprint density at radius 3 is 1.60 bits per heavy atom. The Kier molecular flexibility index (Phi) is 2.82. The summed E-state index contributed by atoms with van der Waals surface area (Å²) >= 11 is 0. The van der Waals surface area contributed by atoms with Crippen molar-refractivity contribution in [1.29, 1.82) is 0 Å². The first-order valence-corrected chi connectivity index (χ1v) is 4.16. The molecule has 0 saturated heterocycles. The van der Waals surface area contributed by atoms with Gasteiger partial charge in [0.2, 0.25) is 0 Å². The molecule has 1 atom stereocenters. The quantitative estimate of drug-likeness (QED) is 0.515. The lowest BCUT2D eigenvalue weighted by atomic mass is 9.67. The van der Waals surface area contributed by atoms with Crippen LogP contribution in [0.5, 0.6) is 0 Å². The zero-order valence-corrected chi connectivity index (χ0v) is 8.12. The molecule has 0 spiro atoms. The summed E-state index contributed by atoms with van der Waals surface area (Å²) in [6, 6.07) is 0. The lowest BCUT2D eigenvalue weighted by Crippen LogP contribution is -2.29. The molecule has 0 heterocycles. The second kappa shape index (κ2) is 2.86. The van der Waals surface area contributed by atoms with Crippen LogP contribution in [0.3, 0.4) is 0 Å². The van der Waals surface area contributed by atoms with Gasteiger partial charge in [0.1, 0.15) is 5.41 Å². The molecule has 0 aromatic rings. The van der Waals surface area contributed by atoms with E-state index in [0.717, 1.165) is 0 Å². The minimum Gasteiger partial charge on any atom is -0.0652 e. The van der Waals surface area contributed by atoms with Crippen molar-refractivity contribution in [1.82, 2.24) is 0 Å². The standard InChI is InChI=1S/C10H21/c1-7-8-10(5,6)9(2,3)4/h5,7-8H2,1-4,6H3/q+1. The molecular weight excluding hydrogens is 120 g/mol. The molecule has 0 aliphatic rings. The fourth-order valence-electron chi connectivity index (χ4n) is 0.927. The molecule has 0 radical (unpaired) electrons. The van der Waals surface area contributed by atoms with Crippen molar-refractivity contribution >= 4 is 0 Å². The third-order valence-corrected chi connectivity index (χ3v) is 2.61. The molecule has 60 valence electrons. The molecule has 0 saturated carbocycles. The van der Waals surface area contributed by atoms with Crippen LogP contribution in [0.25, 0.3) is 0 Å². The lowest BCUT2D eigenvalue weighted by molar-refractivity contribution is 0.151. The van der Waals surface area contributed by atoms with E-state index in [1.807, 2.05) is 0 Å². The molecule has 0 nitrogen and oxygen atoms in total. The van der Waals surface area contributed by atoms with Gasteiger partial charge >= 0.3 is 0 Å². The van der Waals surface area contributed by atoms with Crippen LogP contribution in [0.1, 0.15) is 47.5 Å². The van der Waals surface area contributed by atoms with Crippen LogP contribution in [0.4, 0.5) is 0 Å². The van der Waals surface area contributed by atoms with E-state index >= 15 is 0 Å². The highest BCUT2D eigenvalue weighted by Gasteiger charge is 2.38. The van der Waals surface area contributed by atoms with E-state index in [1.165, 1.54) is 12.8 Å². The molecule has 0 N–H and O–H groups in total. The van der Waals surface area contributed by atoms with Crippen LogP contribution in [0.2, 0.25) is 0 Å². The predicted octanol–water partition coefficient (Wildman–Crippen LogP) is 3.67. The van der Waals surface area contributed by atoms with Crippen molar-refractivity contribution in [2.24, 2.45) is 10.8 Å². The van der Waals surface area contributed by atoms with E-state index in [1.54, 1.807) is 0 Å². The molecule has 0 heteroatoms. The first kappa shape index (κ1) is 9.87. The molecule has 10 heavy (non-hydrogen) atoms. The Bertz CT molecular complexity index is 93.1. The van der Waals surface area contributed by atoms with Gasteiger partial charge in [-0.1, -0.05) is 34.1 Å². The Labute approximate surface area is 66.0 Å². The number of hydrogen-bond acceptors (Lipinski definition) is 0. The Morgan fingerprint density at radius 1 is 1.10 bits per heavy atom. The highest BCUT2D eigenvalue weighted by atomic mass is 14.4. The molecule has 0 amide bonds. The topological polar surface area (TPSA) is 0 Å². The summed E-state index contributed by atoms with van der Waals surface area (Å²) in [5, 5.41) is 0. The van der Waals surface area contributed by atoms with Crippen LogP contribution >= 0.6 is 0 Å². The first-order valence-electron chi connectivity index (χ1n) is 4.16. The minimum atomic E-state index is 0.238. The average Bonchev–Trinajstić information content (AvgIpc) is 1.61. The van der Waals surface area contributed by atoms with Gasteiger partial charge in [0.05, 0.1) is 6.92 Å². The molecule has 0 aliphatic carbocycles. The molecule has 0 bridgehead atoms. The van der Waals surface area contributed by atoms with E-state index in [9.17, 15) is 0 Å². The minimum absolute atomic E-state index is 0.238. The summed E-state index contributed by atoms with van der Waals surface area (Å²) in [5.41, 5.74) is 0.574. The summed E-state index contributed by atoms with van der Waals surface area (Å²) in [6.45, 7) is 15.5. The molecular formula is C10H21+. The fourth-order valence-corrected chi connectivity index (χ4v) is 0.927. The van der Waals surface area contributed by atoms with Crippen LogP contribution in [0, 0.1) is 17.8 Å². The molecule has 0 rings (SSSR count). The third-order valence-electron chi connectivity index (χ3n) is 2.61. The molecule has 1 unspecified atom stereocenters. The summed E-state index contributed by atoms with van der Waals surface area (Å²) in [5.74, 6) is 0. The molecule has 0 aromatic carbocycles. The predicted molar refractivity (Wildman–Crippen MR) is 47.8 cm³/mol. The molecule has 0 aliphatic heterocycles. The second-order valence-electron chi connectivity index (χ2n) is 4.56. The van der Waals surface area contributed by atoms with Crippen LogP contribution in [0.15, 0.2) is 0 Å². The highest BCUT2D eigenvalue weighted by molar-refractivity contribution is 4.87. The van der Waals surface area contributed by atoms with Crippen molar-refractivity contribution in [3.05, 3.63) is 6.92 Å². The largest absolute Gasteiger partial charge is 0.107 e. The van der Waals surface area contributed by atoms with Gasteiger partial charge in [-0.15, -0.1) is 0 Å². The van der Waals surface area contributed by atoms with E-state index in [4.69, 9.17) is 0 Å². The van der Waals surface area contributed by atoms with E-state index in [0.29, 0.717) is 5.41 Å². The van der Waals surface area contributed by atoms with Crippen LogP contribution in [-0.2, 0) is 0 Å². The van der Waals surface area contributed by atoms with Gasteiger partial charge < -0.3 is 0 Å². The van der Waals surface area contributed by atoms with E-state index < -0.39 is 0 Å². The molecule has 0 aromatic heterocycles. The number of rotatable bonds is 2. The van der Waals surface area contributed by atoms with Crippen molar-refractivity contribution < 1.29 is 0 Å². The van der Waals surface area contributed by atoms with Gasteiger partial charge in [-0.3, -0.25) is 0 Å². The van der Waals surface area contributed by atoms with Crippen LogP contribution in [-0.4, -0.2) is 0 Å². The fraction of sp³-hybridized carbons (Fsp3) is 0.900. The number of hydrogen-bond donors (Lipinski definition) is 0. The maximum Gasteiger partial charge on any atom is 0.107 e. The first-order chi connectivity index (χ1) is 4.31. The maximum atomic E-state index is 4.23. The third kappa shape index (κ3) is 2.24. The van der Waals surface area contributed by atoms with Gasteiger partial charge in [0.15, 0.2) is 0 Å². The monoisotopic (exact) mass is 141 g/mol. The second-order valence-corrected chi connectivity index (χ2v) is 4.56. The zero-order chi connectivity index (χ0) is 8.41. The van der Waals surface area contributed by atoms with Gasteiger partial charge in [-0.2, -0.15) is 0 Å². The van der Waals surface area contributed by atoms with Crippen molar-refractivity contribution in [2.75, 3.05) is 0 Å². The SMILES string of the molecule is [CH2+]C(C)(CCC)C(C)(C)C. The van der Waals surface area contributed by atoms with Crippen molar-refractivity contribution in [2.45, 2.75) is 47.5 Å². The van der Waals surface area contributed by atoms with Crippen molar-refractivity contribution in [3.63, 3.8) is 0 Å². The highest BCUT2D eigenvalue weighted by Crippen LogP contribution is 2.40. The van der Waals surface area contributed by atoms with E-state index in [-0.39, 0.29) is 5.41 Å². The smallest absolute Gasteiger partial charge is 0.0652 e. The summed E-state index contributed by atoms with van der Waals surface area (Å²) in [7, 11) is 0.